The maximum atomic E-state index is 10.2. The van der Waals surface area contributed by atoms with Crippen LogP contribution in [-0.4, -0.2) is 23.9 Å². The number of aliphatic carboxylic acids is 4. The summed E-state index contributed by atoms with van der Waals surface area (Å²) in [7, 11) is 0. The first-order valence-corrected chi connectivity index (χ1v) is 34.5. The summed E-state index contributed by atoms with van der Waals surface area (Å²) in [5.41, 5.74) is 0. The Labute approximate surface area is 582 Å². The molecule has 0 saturated heterocycles. The fraction of sp³-hybridized carbons (Fsp3) is 0.833. The number of rotatable bonds is 60. The van der Waals surface area contributed by atoms with Crippen LogP contribution in [0.5, 0.6) is 0 Å². The van der Waals surface area contributed by atoms with E-state index in [9.17, 15) is 39.6 Å². The number of carboxylic acid groups (broad SMARTS) is 4. The summed E-state index contributed by atoms with van der Waals surface area (Å²) < 4.78 is 0. The van der Waals surface area contributed by atoms with E-state index in [1.165, 1.54) is 257 Å². The molecule has 0 fully saturated rings. The van der Waals surface area contributed by atoms with Crippen molar-refractivity contribution < 1.29 is 127 Å². The summed E-state index contributed by atoms with van der Waals surface area (Å²) in [5, 5.41) is 40.9. The number of carboxylic acids is 4. The van der Waals surface area contributed by atoms with Gasteiger partial charge in [0.2, 0.25) is 0 Å². The Hall–Kier alpha value is -1.18. The van der Waals surface area contributed by atoms with Crippen LogP contribution in [0.4, 0.5) is 0 Å². The number of carbonyl (C=O) groups excluding carboxylic acids is 4. The molecule has 0 spiro atoms. The average Bonchev–Trinajstić information content (AvgIpc) is 3.43. The Morgan fingerprint density at radius 2 is 0.299 bits per heavy atom. The van der Waals surface area contributed by atoms with Gasteiger partial charge in [-0.2, -0.15) is 0 Å². The van der Waals surface area contributed by atoms with Gasteiger partial charge in [0.1, 0.15) is 0 Å². The number of hydrogen-bond donors (Lipinski definition) is 0. The molecule has 0 radical (unpaired) electrons. The minimum absolute atomic E-state index is 0. The van der Waals surface area contributed by atoms with Gasteiger partial charge >= 0.3 is 65.2 Å². The number of allylic oxidation sites excluding steroid dienone is 8. The summed E-state index contributed by atoms with van der Waals surface area (Å²) in [6, 6.07) is 0. The molecular weight excluding hydrogens is 1200 g/mol. The topological polar surface area (TPSA) is 275 Å². The van der Waals surface area contributed by atoms with Crippen molar-refractivity contribution in [3.05, 3.63) is 48.6 Å². The van der Waals surface area contributed by atoms with E-state index in [0.29, 0.717) is 0 Å². The van der Waals surface area contributed by atoms with Crippen LogP contribution in [-0.2, 0) is 106 Å². The summed E-state index contributed by atoms with van der Waals surface area (Å²) in [6.45, 7) is 9.02. The van der Waals surface area contributed by atoms with Crippen LogP contribution in [0.15, 0.2) is 48.6 Å². The molecular formula is C72H132O12Ti3. The molecule has 0 unspecified atom stereocenters. The molecule has 0 N–H and O–H groups in total. The van der Waals surface area contributed by atoms with Crippen molar-refractivity contribution in [1.82, 2.24) is 0 Å². The summed E-state index contributed by atoms with van der Waals surface area (Å²) >= 11 is 0. The van der Waals surface area contributed by atoms with Gasteiger partial charge in [-0.3, -0.25) is 0 Å². The first-order valence-electron chi connectivity index (χ1n) is 34.5. The molecule has 504 valence electrons. The molecule has 87 heavy (non-hydrogen) atoms. The normalized spacial score (nSPS) is 10.3. The first-order chi connectivity index (χ1) is 39.1. The predicted octanol–water partition coefficient (Wildman–Crippen LogP) is 18.6. The third-order valence-electron chi connectivity index (χ3n) is 14.6. The van der Waals surface area contributed by atoms with Gasteiger partial charge in [-0.1, -0.05) is 282 Å². The van der Waals surface area contributed by atoms with E-state index >= 15 is 0 Å². The molecule has 0 aromatic heterocycles. The van der Waals surface area contributed by atoms with Crippen LogP contribution in [0.1, 0.15) is 387 Å². The van der Waals surface area contributed by atoms with Crippen molar-refractivity contribution in [3.63, 3.8) is 0 Å². The molecule has 0 heterocycles. The van der Waals surface area contributed by atoms with E-state index in [-0.39, 0.29) is 113 Å². The van der Waals surface area contributed by atoms with Crippen LogP contribution in [0.2, 0.25) is 0 Å². The molecule has 15 heteroatoms. The quantitative estimate of drug-likeness (QED) is 0.0320. The van der Waals surface area contributed by atoms with Gasteiger partial charge in [0, 0.05) is 23.9 Å². The fourth-order valence-electron chi connectivity index (χ4n) is 9.36. The zero-order valence-electron chi connectivity index (χ0n) is 56.6. The van der Waals surface area contributed by atoms with Crippen LogP contribution in [0.3, 0.4) is 0 Å². The zero-order valence-corrected chi connectivity index (χ0v) is 61.3. The van der Waals surface area contributed by atoms with Crippen molar-refractivity contribution >= 4 is 23.9 Å². The van der Waals surface area contributed by atoms with Crippen LogP contribution in [0.25, 0.3) is 0 Å². The van der Waals surface area contributed by atoms with Gasteiger partial charge in [0.15, 0.2) is 0 Å². The average molecular weight is 1330 g/mol. The van der Waals surface area contributed by atoms with Crippen molar-refractivity contribution in [2.24, 2.45) is 0 Å². The summed E-state index contributed by atoms with van der Waals surface area (Å²) in [6.07, 6.45) is 83.6. The third kappa shape index (κ3) is 130. The monoisotopic (exact) mass is 1330 g/mol. The van der Waals surface area contributed by atoms with Gasteiger partial charge in [0.25, 0.3) is 0 Å². The summed E-state index contributed by atoms with van der Waals surface area (Å²) in [5.74, 6) is -3.66. The van der Waals surface area contributed by atoms with Crippen molar-refractivity contribution in [2.75, 3.05) is 0 Å². The predicted molar refractivity (Wildman–Crippen MR) is 341 cm³/mol. The van der Waals surface area contributed by atoms with E-state index in [4.69, 9.17) is 0 Å². The van der Waals surface area contributed by atoms with E-state index in [1.807, 2.05) is 0 Å². The molecule has 0 aliphatic heterocycles. The SMILES string of the molecule is CCCCCCCC/C=C\CCCCCCCC(=O)[O-].CCCCCCCC/C=C\CCCCCCCC(=O)[O-].CCCCCCCC/C=C\CCCCCCCC(=O)[O-].CCCCCCCC/C=C\CCCCCCCC(=O)[O-].[O-2].[O-2].[O-2].[O-2].[Ti+4].[Ti+4].[Ti+4]. The van der Waals surface area contributed by atoms with Crippen LogP contribution >= 0.6 is 0 Å². The second kappa shape index (κ2) is 106. The molecule has 0 aliphatic carbocycles. The fourth-order valence-corrected chi connectivity index (χ4v) is 9.36. The minimum atomic E-state index is -0.914. The largest absolute Gasteiger partial charge is 4.00 e. The molecule has 0 amide bonds. The third-order valence-corrected chi connectivity index (χ3v) is 14.6. The van der Waals surface area contributed by atoms with Crippen molar-refractivity contribution in [1.29, 1.82) is 0 Å². The van der Waals surface area contributed by atoms with Gasteiger partial charge in [-0.05, 0) is 154 Å². The molecule has 0 aromatic rings. The minimum Gasteiger partial charge on any atom is -2.00 e. The zero-order chi connectivity index (χ0) is 59.6. The Kier molecular flexibility index (Phi) is 135. The molecule has 0 saturated carbocycles. The standard InChI is InChI=1S/4C18H34O2.4O.3Ti/c4*1-2-3-4-5-6-7-8-9-10-11-12-13-14-15-16-17-18(19)20;;;;;;;/h4*9-10H,2-8,11-17H2,1H3,(H,19,20);;;;;;;/q;;;;4*-2;3*+4/p-4/b4*10-9-;;;;;;;. The Balaban J connectivity index is -0.0000000958. The van der Waals surface area contributed by atoms with Crippen molar-refractivity contribution in [2.45, 2.75) is 387 Å². The molecule has 0 aliphatic rings. The number of carbonyl (C=O) groups is 4. The van der Waals surface area contributed by atoms with E-state index in [2.05, 4.69) is 76.3 Å². The maximum Gasteiger partial charge on any atom is 4.00 e. The second-order valence-electron chi connectivity index (χ2n) is 22.8. The molecule has 0 aromatic carbocycles. The molecule has 0 atom stereocenters. The number of unbranched alkanes of at least 4 members (excludes halogenated alkanes) is 44. The van der Waals surface area contributed by atoms with E-state index < -0.39 is 23.9 Å². The van der Waals surface area contributed by atoms with E-state index in [1.54, 1.807) is 0 Å². The second-order valence-corrected chi connectivity index (χ2v) is 22.8. The van der Waals surface area contributed by atoms with Gasteiger partial charge in [-0.25, -0.2) is 0 Å². The Morgan fingerprint density at radius 1 is 0.195 bits per heavy atom. The van der Waals surface area contributed by atoms with Gasteiger partial charge < -0.3 is 61.5 Å². The van der Waals surface area contributed by atoms with Crippen LogP contribution in [0, 0.1) is 0 Å². The number of hydrogen-bond acceptors (Lipinski definition) is 8. The van der Waals surface area contributed by atoms with Crippen LogP contribution < -0.4 is 20.4 Å². The smallest absolute Gasteiger partial charge is 2.00 e. The Morgan fingerprint density at radius 3 is 0.414 bits per heavy atom. The van der Waals surface area contributed by atoms with Gasteiger partial charge in [0.05, 0.1) is 0 Å². The van der Waals surface area contributed by atoms with Gasteiger partial charge in [-0.15, -0.1) is 0 Å². The maximum absolute atomic E-state index is 10.2. The van der Waals surface area contributed by atoms with E-state index in [0.717, 1.165) is 77.0 Å². The Bertz CT molecular complexity index is 1170. The first kappa shape index (κ1) is 110. The summed E-state index contributed by atoms with van der Waals surface area (Å²) in [4.78, 5) is 40.9. The van der Waals surface area contributed by atoms with Crippen molar-refractivity contribution in [3.8, 4) is 0 Å². The molecule has 0 rings (SSSR count). The molecule has 0 bridgehead atoms. The molecule has 12 nitrogen and oxygen atoms in total.